The van der Waals surface area contributed by atoms with Gasteiger partial charge in [-0.25, -0.2) is 0 Å². The maximum atomic E-state index is 13.1. The molecule has 1 unspecified atom stereocenters. The predicted octanol–water partition coefficient (Wildman–Crippen LogP) is 6.02. The van der Waals surface area contributed by atoms with Crippen molar-refractivity contribution in [3.05, 3.63) is 89.0 Å². The molecule has 4 rings (SSSR count). The molecule has 0 fully saturated rings. The van der Waals surface area contributed by atoms with E-state index in [1.807, 2.05) is 36.4 Å². The number of rotatable bonds is 7. The van der Waals surface area contributed by atoms with Crippen LogP contribution >= 0.6 is 0 Å². The van der Waals surface area contributed by atoms with Crippen molar-refractivity contribution in [3.8, 4) is 16.9 Å². The molecule has 1 amide bonds. The summed E-state index contributed by atoms with van der Waals surface area (Å²) >= 11 is 0. The normalized spacial score (nSPS) is 14.3. The number of nitrogens with one attached hydrogen (secondary N) is 1. The van der Waals surface area contributed by atoms with Crippen LogP contribution in [0, 0.1) is 6.92 Å². The summed E-state index contributed by atoms with van der Waals surface area (Å²) in [6, 6.07) is 21.9. The van der Waals surface area contributed by atoms with Gasteiger partial charge in [0.15, 0.2) is 0 Å². The van der Waals surface area contributed by atoms with Crippen LogP contribution in [0.25, 0.3) is 17.2 Å². The molecule has 4 N–H and O–H groups in total. The second kappa shape index (κ2) is 10.5. The Hall–Kier alpha value is -3.41. The highest BCUT2D eigenvalue weighted by molar-refractivity contribution is 6.07. The highest BCUT2D eigenvalue weighted by atomic mass is 16.5. The van der Waals surface area contributed by atoms with Crippen LogP contribution in [0.1, 0.15) is 55.8 Å². The molecule has 5 heteroatoms. The van der Waals surface area contributed by atoms with Crippen molar-refractivity contribution >= 4 is 17.7 Å². The smallest absolute Gasteiger partial charge is 0.251 e. The van der Waals surface area contributed by atoms with E-state index in [1.165, 1.54) is 5.56 Å². The summed E-state index contributed by atoms with van der Waals surface area (Å²) in [6.07, 6.45) is 3.76. The Morgan fingerprint density at radius 1 is 1.06 bits per heavy atom. The van der Waals surface area contributed by atoms with Crippen molar-refractivity contribution in [2.24, 2.45) is 5.73 Å². The number of anilines is 1. The van der Waals surface area contributed by atoms with Crippen LogP contribution in [-0.4, -0.2) is 23.2 Å². The molecule has 0 saturated carbocycles. The lowest BCUT2D eigenvalue weighted by atomic mass is 9.95. The van der Waals surface area contributed by atoms with Gasteiger partial charge in [0.25, 0.3) is 5.91 Å². The van der Waals surface area contributed by atoms with Gasteiger partial charge < -0.3 is 20.9 Å². The van der Waals surface area contributed by atoms with E-state index in [1.54, 1.807) is 13.8 Å². The molecule has 0 aliphatic carbocycles. The first-order valence-electron chi connectivity index (χ1n) is 12.1. The van der Waals surface area contributed by atoms with E-state index in [0.717, 1.165) is 28.0 Å². The number of carbonyl (C=O) groups is 1. The van der Waals surface area contributed by atoms with Gasteiger partial charge in [0, 0.05) is 29.3 Å². The molecule has 3 aromatic carbocycles. The van der Waals surface area contributed by atoms with Gasteiger partial charge in [-0.3, -0.25) is 4.79 Å². The first kappa shape index (κ1) is 24.7. The molecular formula is C30H34N2O3. The molecule has 0 saturated heterocycles. The van der Waals surface area contributed by atoms with Crippen molar-refractivity contribution in [1.29, 1.82) is 0 Å². The largest absolute Gasteiger partial charge is 0.493 e. The number of hydrogen-bond acceptors (Lipinski definition) is 4. The van der Waals surface area contributed by atoms with E-state index in [-0.39, 0.29) is 11.9 Å². The lowest BCUT2D eigenvalue weighted by Crippen LogP contribution is -2.21. The Balaban J connectivity index is 1.47. The minimum atomic E-state index is -0.735. The maximum absolute atomic E-state index is 13.1. The van der Waals surface area contributed by atoms with E-state index in [9.17, 15) is 9.90 Å². The lowest BCUT2D eigenvalue weighted by Gasteiger charge is -2.20. The standard InChI is InChI=1S/C30H34N2O3/c1-20-4-6-21(7-5-20)23-10-13-28-25(18-23)19-24(15-17-35-28)29(33)32-26-11-8-22(9-12-26)27(31)14-16-30(2,3)34/h4-13,18-19,27,34H,14-17,31H2,1-3H3,(H,32,33). The molecule has 1 atom stereocenters. The maximum Gasteiger partial charge on any atom is 0.251 e. The van der Waals surface area contributed by atoms with E-state index in [2.05, 4.69) is 48.6 Å². The number of aliphatic hydroxyl groups is 1. The Labute approximate surface area is 207 Å². The van der Waals surface area contributed by atoms with Gasteiger partial charge >= 0.3 is 0 Å². The topological polar surface area (TPSA) is 84.6 Å². The average molecular weight is 471 g/mol. The van der Waals surface area contributed by atoms with E-state index >= 15 is 0 Å². The van der Waals surface area contributed by atoms with Crippen molar-refractivity contribution < 1.29 is 14.6 Å². The SMILES string of the molecule is Cc1ccc(-c2ccc3c(c2)C=C(C(=O)Nc2ccc(C(N)CCC(C)(C)O)cc2)CCO3)cc1. The van der Waals surface area contributed by atoms with Gasteiger partial charge in [-0.1, -0.05) is 48.0 Å². The van der Waals surface area contributed by atoms with Gasteiger partial charge in [-0.2, -0.15) is 0 Å². The molecule has 1 aliphatic rings. The van der Waals surface area contributed by atoms with Gasteiger partial charge in [-0.15, -0.1) is 0 Å². The molecule has 0 radical (unpaired) electrons. The number of benzene rings is 3. The molecule has 0 bridgehead atoms. The summed E-state index contributed by atoms with van der Waals surface area (Å²) in [4.78, 5) is 13.1. The molecular weight excluding hydrogens is 436 g/mol. The van der Waals surface area contributed by atoms with Gasteiger partial charge in [0.2, 0.25) is 0 Å². The van der Waals surface area contributed by atoms with E-state index < -0.39 is 5.60 Å². The highest BCUT2D eigenvalue weighted by Crippen LogP contribution is 2.31. The second-order valence-electron chi connectivity index (χ2n) is 9.92. The quantitative estimate of drug-likeness (QED) is 0.394. The molecule has 35 heavy (non-hydrogen) atoms. The molecule has 1 heterocycles. The highest BCUT2D eigenvalue weighted by Gasteiger charge is 2.18. The number of hydrogen-bond donors (Lipinski definition) is 3. The summed E-state index contributed by atoms with van der Waals surface area (Å²) in [5.74, 6) is 0.648. The van der Waals surface area contributed by atoms with Crippen LogP contribution in [0.4, 0.5) is 5.69 Å². The van der Waals surface area contributed by atoms with Crippen molar-refractivity contribution in [3.63, 3.8) is 0 Å². The fraction of sp³-hybridized carbons (Fsp3) is 0.300. The average Bonchev–Trinajstić information content (AvgIpc) is 3.05. The minimum Gasteiger partial charge on any atom is -0.493 e. The number of fused-ring (bicyclic) bond motifs is 1. The zero-order valence-electron chi connectivity index (χ0n) is 20.7. The van der Waals surface area contributed by atoms with Gasteiger partial charge in [0.05, 0.1) is 12.2 Å². The van der Waals surface area contributed by atoms with Crippen LogP contribution in [0.3, 0.4) is 0 Å². The van der Waals surface area contributed by atoms with Crippen molar-refractivity contribution in [1.82, 2.24) is 0 Å². The minimum absolute atomic E-state index is 0.138. The Bertz CT molecular complexity index is 1210. The summed E-state index contributed by atoms with van der Waals surface area (Å²) in [5, 5.41) is 12.9. The zero-order valence-corrected chi connectivity index (χ0v) is 20.7. The summed E-state index contributed by atoms with van der Waals surface area (Å²) in [6.45, 7) is 6.09. The number of aryl methyl sites for hydroxylation is 1. The first-order valence-corrected chi connectivity index (χ1v) is 12.1. The second-order valence-corrected chi connectivity index (χ2v) is 9.92. The van der Waals surface area contributed by atoms with Crippen molar-refractivity contribution in [2.75, 3.05) is 11.9 Å². The third-order valence-corrected chi connectivity index (χ3v) is 6.31. The van der Waals surface area contributed by atoms with Crippen LogP contribution in [0.5, 0.6) is 5.75 Å². The third kappa shape index (κ3) is 6.59. The van der Waals surface area contributed by atoms with Crippen LogP contribution in [0.2, 0.25) is 0 Å². The fourth-order valence-electron chi connectivity index (χ4n) is 4.13. The molecule has 1 aliphatic heterocycles. The molecule has 5 nitrogen and oxygen atoms in total. The Morgan fingerprint density at radius 2 is 1.74 bits per heavy atom. The molecule has 0 spiro atoms. The Morgan fingerprint density at radius 3 is 2.43 bits per heavy atom. The predicted molar refractivity (Wildman–Crippen MR) is 142 cm³/mol. The van der Waals surface area contributed by atoms with Gasteiger partial charge in [0.1, 0.15) is 5.75 Å². The molecule has 182 valence electrons. The van der Waals surface area contributed by atoms with Gasteiger partial charge in [-0.05, 0) is 80.6 Å². The van der Waals surface area contributed by atoms with Crippen LogP contribution in [0.15, 0.2) is 72.3 Å². The molecule has 0 aromatic heterocycles. The summed E-state index contributed by atoms with van der Waals surface area (Å²) < 4.78 is 5.91. The third-order valence-electron chi connectivity index (χ3n) is 6.31. The lowest BCUT2D eigenvalue weighted by molar-refractivity contribution is -0.113. The van der Waals surface area contributed by atoms with E-state index in [0.29, 0.717) is 37.1 Å². The Kier molecular flexibility index (Phi) is 7.39. The number of amides is 1. The van der Waals surface area contributed by atoms with Crippen LogP contribution < -0.4 is 15.8 Å². The first-order chi connectivity index (χ1) is 16.7. The fourth-order valence-corrected chi connectivity index (χ4v) is 4.13. The monoisotopic (exact) mass is 470 g/mol. The van der Waals surface area contributed by atoms with E-state index in [4.69, 9.17) is 10.5 Å². The van der Waals surface area contributed by atoms with Crippen molar-refractivity contribution in [2.45, 2.75) is 51.7 Å². The summed E-state index contributed by atoms with van der Waals surface area (Å²) in [7, 11) is 0. The summed E-state index contributed by atoms with van der Waals surface area (Å²) in [5.41, 5.74) is 12.2. The number of ether oxygens (including phenoxy) is 1. The molecule has 3 aromatic rings. The number of nitrogens with two attached hydrogens (primary N) is 1. The van der Waals surface area contributed by atoms with Crippen LogP contribution in [-0.2, 0) is 4.79 Å². The number of carbonyl (C=O) groups excluding carboxylic acids is 1. The zero-order chi connectivity index (χ0) is 25.0.